The van der Waals surface area contributed by atoms with Crippen molar-refractivity contribution in [2.75, 3.05) is 30.3 Å². The molecule has 7 heteroatoms. The van der Waals surface area contributed by atoms with E-state index in [0.717, 1.165) is 13.1 Å². The molecule has 0 saturated carbocycles. The fourth-order valence-electron chi connectivity index (χ4n) is 3.21. The average Bonchev–Trinajstić information content (AvgIpc) is 2.55. The molecule has 1 aliphatic heterocycles. The van der Waals surface area contributed by atoms with Gasteiger partial charge in [-0.3, -0.25) is 19.3 Å². The summed E-state index contributed by atoms with van der Waals surface area (Å²) < 4.78 is 0. The molecule has 7 nitrogen and oxygen atoms in total. The fourth-order valence-corrected chi connectivity index (χ4v) is 3.21. The van der Waals surface area contributed by atoms with Crippen molar-refractivity contribution in [1.82, 2.24) is 10.2 Å². The maximum Gasteiger partial charge on any atom is 0.251 e. The van der Waals surface area contributed by atoms with Crippen molar-refractivity contribution in [2.24, 2.45) is 0 Å². The Bertz CT molecular complexity index is 640. The molecule has 0 aromatic heterocycles. The minimum Gasteiger partial charge on any atom is -0.351 e. The molecule has 1 aromatic rings. The Morgan fingerprint density at radius 3 is 2.19 bits per heavy atom. The van der Waals surface area contributed by atoms with Gasteiger partial charge in [0.05, 0.1) is 0 Å². The van der Waals surface area contributed by atoms with E-state index in [2.05, 4.69) is 27.8 Å². The number of likely N-dealkylation sites (tertiary alicyclic amines) is 1. The Morgan fingerprint density at radius 2 is 1.65 bits per heavy atom. The quantitative estimate of drug-likeness (QED) is 0.725. The Hall–Kier alpha value is -2.41. The predicted octanol–water partition coefficient (Wildman–Crippen LogP) is 2.21. The van der Waals surface area contributed by atoms with Gasteiger partial charge in [0.25, 0.3) is 5.91 Å². The number of benzene rings is 1. The Balaban J connectivity index is 2.01. The number of hydrogen-bond donors (Lipinski definition) is 3. The fraction of sp³-hybridized carbons (Fsp3) is 0.526. The first-order valence-corrected chi connectivity index (χ1v) is 9.07. The lowest BCUT2D eigenvalue weighted by Crippen LogP contribution is -2.42. The molecule has 0 aliphatic carbocycles. The third-order valence-electron chi connectivity index (χ3n) is 4.46. The summed E-state index contributed by atoms with van der Waals surface area (Å²) in [6, 6.07) is 5.38. The van der Waals surface area contributed by atoms with Crippen LogP contribution in [-0.2, 0) is 9.59 Å². The van der Waals surface area contributed by atoms with Gasteiger partial charge in [0.1, 0.15) is 0 Å². The predicted molar refractivity (Wildman–Crippen MR) is 102 cm³/mol. The van der Waals surface area contributed by atoms with Gasteiger partial charge in [-0.1, -0.05) is 6.42 Å². The number of nitrogens with zero attached hydrogens (tertiary/aromatic N) is 1. The van der Waals surface area contributed by atoms with Crippen molar-refractivity contribution >= 4 is 29.1 Å². The molecule has 1 heterocycles. The van der Waals surface area contributed by atoms with Crippen molar-refractivity contribution in [3.63, 3.8) is 0 Å². The monoisotopic (exact) mass is 360 g/mol. The molecule has 0 spiro atoms. The van der Waals surface area contributed by atoms with E-state index in [0.29, 0.717) is 29.5 Å². The van der Waals surface area contributed by atoms with Crippen LogP contribution in [-0.4, -0.2) is 48.3 Å². The molecule has 0 radical (unpaired) electrons. The highest BCUT2D eigenvalue weighted by Crippen LogP contribution is 2.20. The van der Waals surface area contributed by atoms with Gasteiger partial charge in [-0.25, -0.2) is 0 Å². The topological polar surface area (TPSA) is 90.5 Å². The highest BCUT2D eigenvalue weighted by molar-refractivity contribution is 5.99. The normalized spacial score (nSPS) is 17.4. The summed E-state index contributed by atoms with van der Waals surface area (Å²) in [7, 11) is 0. The Morgan fingerprint density at radius 1 is 1.04 bits per heavy atom. The minimum atomic E-state index is -0.240. The zero-order valence-electron chi connectivity index (χ0n) is 15.7. The second-order valence-corrected chi connectivity index (χ2v) is 6.80. The first-order valence-electron chi connectivity index (χ1n) is 9.07. The van der Waals surface area contributed by atoms with Crippen LogP contribution in [0.5, 0.6) is 0 Å². The molecule has 1 aliphatic rings. The van der Waals surface area contributed by atoms with Crippen LogP contribution in [0.25, 0.3) is 0 Å². The molecule has 3 amide bonds. The summed E-state index contributed by atoms with van der Waals surface area (Å²) in [6.07, 6.45) is 3.68. The van der Waals surface area contributed by atoms with Crippen LogP contribution in [0.2, 0.25) is 0 Å². The van der Waals surface area contributed by atoms with Gasteiger partial charge in [-0.2, -0.15) is 0 Å². The number of nitrogens with one attached hydrogen (secondary N) is 3. The van der Waals surface area contributed by atoms with Crippen molar-refractivity contribution in [3.8, 4) is 0 Å². The lowest BCUT2D eigenvalue weighted by Gasteiger charge is -2.33. The summed E-state index contributed by atoms with van der Waals surface area (Å²) in [6.45, 7) is 7.45. The second-order valence-electron chi connectivity index (χ2n) is 6.80. The van der Waals surface area contributed by atoms with Gasteiger partial charge in [0.15, 0.2) is 0 Å². The van der Waals surface area contributed by atoms with E-state index in [1.54, 1.807) is 18.2 Å². The van der Waals surface area contributed by atoms with E-state index in [1.807, 2.05) is 0 Å². The summed E-state index contributed by atoms with van der Waals surface area (Å²) in [5.74, 6) is -0.709. The SMILES string of the molecule is CC(=O)Nc1cc(NC(C)=O)cc(C(=O)NCCN2CCCCC2C)c1. The summed E-state index contributed by atoms with van der Waals surface area (Å²) in [5.41, 5.74) is 1.34. The van der Waals surface area contributed by atoms with E-state index < -0.39 is 0 Å². The lowest BCUT2D eigenvalue weighted by molar-refractivity contribution is -0.115. The second kappa shape index (κ2) is 9.33. The highest BCUT2D eigenvalue weighted by atomic mass is 16.2. The zero-order valence-corrected chi connectivity index (χ0v) is 15.7. The first-order chi connectivity index (χ1) is 12.3. The van der Waals surface area contributed by atoms with Crippen LogP contribution in [0.4, 0.5) is 11.4 Å². The molecule has 0 bridgehead atoms. The van der Waals surface area contributed by atoms with Gasteiger partial charge in [0.2, 0.25) is 11.8 Å². The molecule has 1 saturated heterocycles. The number of anilines is 2. The van der Waals surface area contributed by atoms with E-state index in [4.69, 9.17) is 0 Å². The van der Waals surface area contributed by atoms with E-state index in [1.165, 1.54) is 33.1 Å². The van der Waals surface area contributed by atoms with Crippen molar-refractivity contribution in [1.29, 1.82) is 0 Å². The minimum absolute atomic E-state index is 0.228. The van der Waals surface area contributed by atoms with Crippen LogP contribution in [0.15, 0.2) is 18.2 Å². The summed E-state index contributed by atoms with van der Waals surface area (Å²) in [4.78, 5) is 37.5. The number of rotatable bonds is 6. The Kier molecular flexibility index (Phi) is 7.15. The maximum atomic E-state index is 12.5. The molecule has 1 unspecified atom stereocenters. The standard InChI is InChI=1S/C19H28N4O3/c1-13-6-4-5-8-23(13)9-7-20-19(26)16-10-17(21-14(2)24)12-18(11-16)22-15(3)25/h10-13H,4-9H2,1-3H3,(H,20,26)(H,21,24)(H,22,25). The van der Waals surface area contributed by atoms with Crippen LogP contribution in [0, 0.1) is 0 Å². The summed E-state index contributed by atoms with van der Waals surface area (Å²) >= 11 is 0. The van der Waals surface area contributed by atoms with Crippen LogP contribution < -0.4 is 16.0 Å². The number of amides is 3. The van der Waals surface area contributed by atoms with E-state index >= 15 is 0 Å². The highest BCUT2D eigenvalue weighted by Gasteiger charge is 2.18. The van der Waals surface area contributed by atoms with Crippen molar-refractivity contribution in [3.05, 3.63) is 23.8 Å². The lowest BCUT2D eigenvalue weighted by atomic mass is 10.0. The van der Waals surface area contributed by atoms with Gasteiger partial charge in [-0.05, 0) is 44.5 Å². The number of carbonyl (C=O) groups excluding carboxylic acids is 3. The third kappa shape index (κ3) is 6.15. The average molecular weight is 360 g/mol. The van der Waals surface area contributed by atoms with E-state index in [-0.39, 0.29) is 17.7 Å². The third-order valence-corrected chi connectivity index (χ3v) is 4.46. The molecule has 1 atom stereocenters. The zero-order chi connectivity index (χ0) is 19.1. The molecule has 1 aromatic carbocycles. The molecule has 3 N–H and O–H groups in total. The molecule has 1 fully saturated rings. The largest absolute Gasteiger partial charge is 0.351 e. The molecule has 2 rings (SSSR count). The van der Waals surface area contributed by atoms with Gasteiger partial charge in [0, 0.05) is 49.9 Å². The summed E-state index contributed by atoms with van der Waals surface area (Å²) in [5, 5.41) is 8.22. The number of carbonyl (C=O) groups is 3. The van der Waals surface area contributed by atoms with Gasteiger partial charge >= 0.3 is 0 Å². The van der Waals surface area contributed by atoms with Crippen LogP contribution in [0.3, 0.4) is 0 Å². The van der Waals surface area contributed by atoms with Crippen LogP contribution >= 0.6 is 0 Å². The number of piperidine rings is 1. The first kappa shape index (κ1) is 19.9. The molecular weight excluding hydrogens is 332 g/mol. The van der Waals surface area contributed by atoms with Crippen molar-refractivity contribution < 1.29 is 14.4 Å². The van der Waals surface area contributed by atoms with Crippen molar-refractivity contribution in [2.45, 2.75) is 46.1 Å². The molecule has 142 valence electrons. The molecular formula is C19H28N4O3. The smallest absolute Gasteiger partial charge is 0.251 e. The van der Waals surface area contributed by atoms with Gasteiger partial charge < -0.3 is 16.0 Å². The maximum absolute atomic E-state index is 12.5. The van der Waals surface area contributed by atoms with Crippen LogP contribution in [0.1, 0.15) is 50.4 Å². The molecule has 26 heavy (non-hydrogen) atoms. The number of hydrogen-bond acceptors (Lipinski definition) is 4. The van der Waals surface area contributed by atoms with Gasteiger partial charge in [-0.15, -0.1) is 0 Å². The Labute approximate surface area is 154 Å². The van der Waals surface area contributed by atoms with E-state index in [9.17, 15) is 14.4 Å².